The van der Waals surface area contributed by atoms with Gasteiger partial charge in [-0.15, -0.1) is 0 Å². The highest BCUT2D eigenvalue weighted by molar-refractivity contribution is 7.89. The maximum absolute atomic E-state index is 12.0. The van der Waals surface area contributed by atoms with Crippen molar-refractivity contribution in [2.75, 3.05) is 6.54 Å². The number of nitrogens with zero attached hydrogens (tertiary/aromatic N) is 2. The predicted molar refractivity (Wildman–Crippen MR) is 66.0 cm³/mol. The first-order valence-electron chi connectivity index (χ1n) is 5.63. The highest BCUT2D eigenvalue weighted by Gasteiger charge is 2.21. The maximum Gasteiger partial charge on any atom is 0.259 e. The predicted octanol–water partition coefficient (Wildman–Crippen LogP) is 0.134. The molecule has 0 saturated heterocycles. The number of aryl methyl sites for hydroxylation is 2. The van der Waals surface area contributed by atoms with Crippen molar-refractivity contribution < 1.29 is 8.42 Å². The molecule has 0 aliphatic heterocycles. The molecule has 0 aromatic carbocycles. The second-order valence-electron chi connectivity index (χ2n) is 4.04. The van der Waals surface area contributed by atoms with Crippen LogP contribution in [0.3, 0.4) is 0 Å². The summed E-state index contributed by atoms with van der Waals surface area (Å²) in [5.74, 6) is 0.664. The molecular formula is C10H20N4O2S. The summed E-state index contributed by atoms with van der Waals surface area (Å²) in [6.45, 7) is 4.14. The van der Waals surface area contributed by atoms with Gasteiger partial charge in [-0.1, -0.05) is 6.92 Å². The molecular weight excluding hydrogens is 240 g/mol. The number of rotatable bonds is 6. The van der Waals surface area contributed by atoms with E-state index in [0.717, 1.165) is 0 Å². The number of hydrogen-bond donors (Lipinski definition) is 2. The van der Waals surface area contributed by atoms with Crippen molar-refractivity contribution in [3.63, 3.8) is 0 Å². The van der Waals surface area contributed by atoms with Crippen molar-refractivity contribution in [3.05, 3.63) is 12.0 Å². The Kier molecular flexibility index (Phi) is 4.67. The average molecular weight is 260 g/mol. The molecule has 6 nitrogen and oxygen atoms in total. The third kappa shape index (κ3) is 3.52. The van der Waals surface area contributed by atoms with Gasteiger partial charge in [-0.05, 0) is 26.3 Å². The fourth-order valence-electron chi connectivity index (χ4n) is 1.48. The maximum atomic E-state index is 12.0. The molecule has 1 rings (SSSR count). The Morgan fingerprint density at radius 1 is 1.59 bits per heavy atom. The van der Waals surface area contributed by atoms with Gasteiger partial charge in [0.15, 0.2) is 5.03 Å². The molecule has 98 valence electrons. The van der Waals surface area contributed by atoms with Crippen LogP contribution in [0.15, 0.2) is 11.2 Å². The normalized spacial score (nSPS) is 13.9. The highest BCUT2D eigenvalue weighted by Crippen LogP contribution is 2.09. The van der Waals surface area contributed by atoms with Gasteiger partial charge in [0.05, 0.1) is 0 Å². The minimum absolute atomic E-state index is 0.0629. The third-order valence-corrected chi connectivity index (χ3v) is 4.08. The third-order valence-electron chi connectivity index (χ3n) is 2.69. The lowest BCUT2D eigenvalue weighted by Crippen LogP contribution is -2.36. The monoisotopic (exact) mass is 260 g/mol. The second kappa shape index (κ2) is 5.61. The number of imidazole rings is 1. The van der Waals surface area contributed by atoms with Gasteiger partial charge >= 0.3 is 0 Å². The van der Waals surface area contributed by atoms with Gasteiger partial charge in [0.25, 0.3) is 10.0 Å². The lowest BCUT2D eigenvalue weighted by molar-refractivity contribution is 0.519. The van der Waals surface area contributed by atoms with E-state index in [1.807, 2.05) is 6.92 Å². The second-order valence-corrected chi connectivity index (χ2v) is 5.70. The molecule has 0 saturated carbocycles. The molecule has 0 radical (unpaired) electrons. The van der Waals surface area contributed by atoms with E-state index < -0.39 is 10.0 Å². The zero-order chi connectivity index (χ0) is 13.1. The van der Waals surface area contributed by atoms with Gasteiger partial charge < -0.3 is 10.3 Å². The Balaban J connectivity index is 2.88. The molecule has 0 bridgehead atoms. The number of sulfonamides is 1. The van der Waals surface area contributed by atoms with Crippen LogP contribution in [0.1, 0.15) is 25.6 Å². The summed E-state index contributed by atoms with van der Waals surface area (Å²) in [6, 6.07) is -0.132. The number of aromatic nitrogens is 2. The molecule has 1 heterocycles. The van der Waals surface area contributed by atoms with E-state index in [1.54, 1.807) is 18.5 Å². The Labute approximate surface area is 102 Å². The van der Waals surface area contributed by atoms with E-state index in [1.165, 1.54) is 6.20 Å². The molecule has 0 aliphatic rings. The van der Waals surface area contributed by atoms with E-state index in [-0.39, 0.29) is 11.1 Å². The fraction of sp³-hybridized carbons (Fsp3) is 0.700. The topological polar surface area (TPSA) is 90.0 Å². The van der Waals surface area contributed by atoms with Gasteiger partial charge in [-0.2, -0.15) is 0 Å². The summed E-state index contributed by atoms with van der Waals surface area (Å²) in [5, 5.41) is 0.0629. The lowest BCUT2D eigenvalue weighted by atomic mass is 10.2. The first kappa shape index (κ1) is 14.1. The molecule has 1 aromatic rings. The van der Waals surface area contributed by atoms with Crippen LogP contribution in [0.25, 0.3) is 0 Å². The molecule has 1 aromatic heterocycles. The molecule has 0 spiro atoms. The van der Waals surface area contributed by atoms with Gasteiger partial charge in [-0.3, -0.25) is 0 Å². The molecule has 1 atom stereocenters. The van der Waals surface area contributed by atoms with Crippen LogP contribution in [0.2, 0.25) is 0 Å². The van der Waals surface area contributed by atoms with Crippen LogP contribution in [0.4, 0.5) is 0 Å². The van der Waals surface area contributed by atoms with E-state index in [0.29, 0.717) is 25.2 Å². The van der Waals surface area contributed by atoms with E-state index >= 15 is 0 Å². The van der Waals surface area contributed by atoms with Crippen LogP contribution < -0.4 is 10.5 Å². The standard InChI is InChI=1S/C10H20N4O2S/c1-4-9(5-6-11)13-17(15,16)10-7-14(3)8(2)12-10/h7,9,13H,4-6,11H2,1-3H3. The van der Waals surface area contributed by atoms with Crippen molar-refractivity contribution in [1.82, 2.24) is 14.3 Å². The Hall–Kier alpha value is -0.920. The van der Waals surface area contributed by atoms with E-state index in [9.17, 15) is 8.42 Å². The van der Waals surface area contributed by atoms with Crippen LogP contribution in [0.5, 0.6) is 0 Å². The average Bonchev–Trinajstić information content (AvgIpc) is 2.59. The number of hydrogen-bond acceptors (Lipinski definition) is 4. The van der Waals surface area contributed by atoms with Crippen LogP contribution >= 0.6 is 0 Å². The Morgan fingerprint density at radius 2 is 2.24 bits per heavy atom. The minimum Gasteiger partial charge on any atom is -0.337 e. The van der Waals surface area contributed by atoms with Crippen molar-refractivity contribution in [2.45, 2.75) is 37.8 Å². The molecule has 0 aliphatic carbocycles. The smallest absolute Gasteiger partial charge is 0.259 e. The highest BCUT2D eigenvalue weighted by atomic mass is 32.2. The quantitative estimate of drug-likeness (QED) is 0.761. The van der Waals surface area contributed by atoms with Gasteiger partial charge in [0, 0.05) is 19.3 Å². The summed E-state index contributed by atoms with van der Waals surface area (Å²) >= 11 is 0. The Morgan fingerprint density at radius 3 is 2.65 bits per heavy atom. The number of nitrogens with one attached hydrogen (secondary N) is 1. The summed E-state index contributed by atoms with van der Waals surface area (Å²) in [4.78, 5) is 4.01. The van der Waals surface area contributed by atoms with E-state index in [2.05, 4.69) is 9.71 Å². The van der Waals surface area contributed by atoms with Crippen LogP contribution in [-0.4, -0.2) is 30.6 Å². The summed E-state index contributed by atoms with van der Waals surface area (Å²) in [6.07, 6.45) is 2.84. The van der Waals surface area contributed by atoms with Crippen LogP contribution in [-0.2, 0) is 17.1 Å². The van der Waals surface area contributed by atoms with Gasteiger partial charge in [0.2, 0.25) is 0 Å². The Bertz CT molecular complexity index is 447. The van der Waals surface area contributed by atoms with Crippen molar-refractivity contribution in [1.29, 1.82) is 0 Å². The summed E-state index contributed by atoms with van der Waals surface area (Å²) in [5.41, 5.74) is 5.44. The molecule has 3 N–H and O–H groups in total. The zero-order valence-corrected chi connectivity index (χ0v) is 11.3. The molecule has 0 fully saturated rings. The molecule has 7 heteroatoms. The number of nitrogens with two attached hydrogens (primary N) is 1. The minimum atomic E-state index is -3.53. The van der Waals surface area contributed by atoms with Crippen molar-refractivity contribution in [2.24, 2.45) is 12.8 Å². The fourth-order valence-corrected chi connectivity index (χ4v) is 2.88. The first-order valence-corrected chi connectivity index (χ1v) is 7.11. The molecule has 1 unspecified atom stereocenters. The lowest BCUT2D eigenvalue weighted by Gasteiger charge is -2.14. The first-order chi connectivity index (χ1) is 7.90. The summed E-state index contributed by atoms with van der Waals surface area (Å²) in [7, 11) is -1.77. The van der Waals surface area contributed by atoms with Gasteiger partial charge in [0.1, 0.15) is 5.82 Å². The zero-order valence-electron chi connectivity index (χ0n) is 10.5. The van der Waals surface area contributed by atoms with Crippen molar-refractivity contribution in [3.8, 4) is 0 Å². The largest absolute Gasteiger partial charge is 0.337 e. The van der Waals surface area contributed by atoms with Crippen LogP contribution in [0, 0.1) is 6.92 Å². The molecule has 17 heavy (non-hydrogen) atoms. The SMILES string of the molecule is CCC(CCN)NS(=O)(=O)c1cn(C)c(C)n1. The molecule has 0 amide bonds. The van der Waals surface area contributed by atoms with Crippen molar-refractivity contribution >= 4 is 10.0 Å². The van der Waals surface area contributed by atoms with E-state index in [4.69, 9.17) is 5.73 Å². The van der Waals surface area contributed by atoms with Gasteiger partial charge in [-0.25, -0.2) is 18.1 Å². The summed E-state index contributed by atoms with van der Waals surface area (Å²) < 4.78 is 28.3.